The zero-order valence-corrected chi connectivity index (χ0v) is 15.7. The highest BCUT2D eigenvalue weighted by atomic mass is 16.5. The van der Waals surface area contributed by atoms with E-state index in [1.54, 1.807) is 13.8 Å². The van der Waals surface area contributed by atoms with Gasteiger partial charge in [-0.2, -0.15) is 0 Å². The van der Waals surface area contributed by atoms with E-state index in [9.17, 15) is 29.4 Å². The van der Waals surface area contributed by atoms with Crippen LogP contribution in [0.25, 0.3) is 0 Å². The summed E-state index contributed by atoms with van der Waals surface area (Å²) in [5.74, 6) is -3.07. The predicted octanol–water partition coefficient (Wildman–Crippen LogP) is -1.37. The van der Waals surface area contributed by atoms with E-state index in [1.165, 1.54) is 0 Å². The van der Waals surface area contributed by atoms with E-state index in [4.69, 9.17) is 9.47 Å². The van der Waals surface area contributed by atoms with Crippen LogP contribution in [-0.4, -0.2) is 72.5 Å². The van der Waals surface area contributed by atoms with Gasteiger partial charge in [-0.3, -0.25) is 9.59 Å². The minimum Gasteiger partial charge on any atom is -0.464 e. The number of rotatable bonds is 10. The molecule has 0 heterocycles. The Morgan fingerprint density at radius 3 is 1.52 bits per heavy atom. The summed E-state index contributed by atoms with van der Waals surface area (Å²) in [5.41, 5.74) is -1.50. The first-order chi connectivity index (χ1) is 12.9. The normalized spacial score (nSPS) is 17.5. The van der Waals surface area contributed by atoms with Gasteiger partial charge in [-0.25, -0.2) is 9.59 Å². The number of ether oxygens (including phenoxy) is 2. The molecule has 0 aromatic heterocycles. The van der Waals surface area contributed by atoms with Crippen LogP contribution < -0.4 is 10.6 Å². The van der Waals surface area contributed by atoms with Crippen molar-refractivity contribution in [1.82, 2.24) is 10.6 Å². The molecule has 2 atom stereocenters. The quantitative estimate of drug-likeness (QED) is 0.264. The SMILES string of the molecule is CCOC(=O)[C@@H](CO)NC(=O)C1(C(=O)N[C@H](CO)C(=O)OCC)CCCC1. The molecular formula is C17H28N2O8. The lowest BCUT2D eigenvalue weighted by atomic mass is 9.83. The van der Waals surface area contributed by atoms with Crippen molar-refractivity contribution in [3.8, 4) is 0 Å². The number of aliphatic hydroxyl groups excluding tert-OH is 2. The predicted molar refractivity (Wildman–Crippen MR) is 92.2 cm³/mol. The maximum atomic E-state index is 12.8. The maximum absolute atomic E-state index is 12.8. The molecule has 27 heavy (non-hydrogen) atoms. The molecule has 1 fully saturated rings. The number of aliphatic hydroxyl groups is 2. The molecule has 2 amide bonds. The molecule has 1 saturated carbocycles. The van der Waals surface area contributed by atoms with E-state index in [-0.39, 0.29) is 26.1 Å². The molecule has 0 unspecified atom stereocenters. The van der Waals surface area contributed by atoms with Gasteiger partial charge in [-0.05, 0) is 26.7 Å². The molecule has 154 valence electrons. The highest BCUT2D eigenvalue weighted by Crippen LogP contribution is 2.39. The lowest BCUT2D eigenvalue weighted by Gasteiger charge is -2.29. The fourth-order valence-electron chi connectivity index (χ4n) is 2.97. The Hall–Kier alpha value is -2.20. The number of hydrogen-bond donors (Lipinski definition) is 4. The minimum absolute atomic E-state index is 0.0779. The van der Waals surface area contributed by atoms with Crippen LogP contribution >= 0.6 is 0 Å². The summed E-state index contributed by atoms with van der Waals surface area (Å²) in [5, 5.41) is 23.4. The Morgan fingerprint density at radius 1 is 0.852 bits per heavy atom. The Labute approximate surface area is 157 Å². The van der Waals surface area contributed by atoms with Crippen LogP contribution in [0.1, 0.15) is 39.5 Å². The number of esters is 2. The average molecular weight is 388 g/mol. The summed E-state index contributed by atoms with van der Waals surface area (Å²) in [4.78, 5) is 49.2. The van der Waals surface area contributed by atoms with Crippen molar-refractivity contribution in [2.75, 3.05) is 26.4 Å². The van der Waals surface area contributed by atoms with Crippen molar-refractivity contribution < 1.29 is 38.9 Å². The molecule has 0 aliphatic heterocycles. The van der Waals surface area contributed by atoms with Crippen molar-refractivity contribution in [3.63, 3.8) is 0 Å². The van der Waals surface area contributed by atoms with Gasteiger partial charge < -0.3 is 30.3 Å². The summed E-state index contributed by atoms with van der Waals surface area (Å²) in [7, 11) is 0. The highest BCUT2D eigenvalue weighted by Gasteiger charge is 2.49. The van der Waals surface area contributed by atoms with Crippen molar-refractivity contribution in [3.05, 3.63) is 0 Å². The first kappa shape index (κ1) is 22.8. The molecule has 0 spiro atoms. The molecule has 0 saturated heterocycles. The Morgan fingerprint density at radius 2 is 1.22 bits per heavy atom. The first-order valence-corrected chi connectivity index (χ1v) is 9.03. The summed E-state index contributed by atoms with van der Waals surface area (Å²) in [6.07, 6.45) is 1.64. The molecule has 1 aliphatic rings. The standard InChI is InChI=1S/C17H28N2O8/c1-3-26-13(22)11(9-20)18-15(24)17(7-5-6-8-17)16(25)19-12(10-21)14(23)27-4-2/h11-12,20-21H,3-10H2,1-2H3,(H,18,24)(H,19,25)/t11-,12-/m1/s1. The Balaban J connectivity index is 2.93. The molecular weight excluding hydrogens is 360 g/mol. The van der Waals surface area contributed by atoms with E-state index in [2.05, 4.69) is 10.6 Å². The molecule has 0 aromatic carbocycles. The molecule has 0 aromatic rings. The van der Waals surface area contributed by atoms with E-state index < -0.39 is 54.5 Å². The third-order valence-electron chi connectivity index (χ3n) is 4.44. The van der Waals surface area contributed by atoms with Crippen molar-refractivity contribution in [2.24, 2.45) is 5.41 Å². The largest absolute Gasteiger partial charge is 0.464 e. The zero-order valence-electron chi connectivity index (χ0n) is 15.7. The lowest BCUT2D eigenvalue weighted by molar-refractivity contribution is -0.154. The second-order valence-corrected chi connectivity index (χ2v) is 6.21. The summed E-state index contributed by atoms with van der Waals surface area (Å²) < 4.78 is 9.57. The number of hydrogen-bond acceptors (Lipinski definition) is 8. The summed E-state index contributed by atoms with van der Waals surface area (Å²) in [6.45, 7) is 1.98. The monoisotopic (exact) mass is 388 g/mol. The number of amides is 2. The van der Waals surface area contributed by atoms with Gasteiger partial charge >= 0.3 is 11.9 Å². The van der Waals surface area contributed by atoms with Gasteiger partial charge in [0, 0.05) is 0 Å². The van der Waals surface area contributed by atoms with Crippen molar-refractivity contribution in [1.29, 1.82) is 0 Å². The third kappa shape index (κ3) is 5.64. The third-order valence-corrected chi connectivity index (χ3v) is 4.44. The second-order valence-electron chi connectivity index (χ2n) is 6.21. The van der Waals surface area contributed by atoms with Gasteiger partial charge in [0.25, 0.3) is 0 Å². The molecule has 1 rings (SSSR count). The van der Waals surface area contributed by atoms with Crippen LogP contribution in [0, 0.1) is 5.41 Å². The van der Waals surface area contributed by atoms with E-state index >= 15 is 0 Å². The summed E-state index contributed by atoms with van der Waals surface area (Å²) in [6, 6.07) is -2.58. The van der Waals surface area contributed by atoms with Gasteiger partial charge in [-0.1, -0.05) is 12.8 Å². The molecule has 1 aliphatic carbocycles. The van der Waals surface area contributed by atoms with Crippen LogP contribution in [-0.2, 0) is 28.7 Å². The maximum Gasteiger partial charge on any atom is 0.331 e. The van der Waals surface area contributed by atoms with Gasteiger partial charge in [-0.15, -0.1) is 0 Å². The fraction of sp³-hybridized carbons (Fsp3) is 0.765. The second kappa shape index (κ2) is 10.8. The number of carbonyl (C=O) groups is 4. The summed E-state index contributed by atoms with van der Waals surface area (Å²) >= 11 is 0. The minimum atomic E-state index is -1.50. The van der Waals surface area contributed by atoms with Crippen LogP contribution in [0.4, 0.5) is 0 Å². The Kier molecular flexibility index (Phi) is 9.16. The van der Waals surface area contributed by atoms with Crippen LogP contribution in [0.3, 0.4) is 0 Å². The van der Waals surface area contributed by atoms with E-state index in [0.29, 0.717) is 12.8 Å². The van der Waals surface area contributed by atoms with Gasteiger partial charge in [0.1, 0.15) is 5.41 Å². The topological polar surface area (TPSA) is 151 Å². The van der Waals surface area contributed by atoms with Crippen LogP contribution in [0.5, 0.6) is 0 Å². The first-order valence-electron chi connectivity index (χ1n) is 9.03. The molecule has 10 heteroatoms. The average Bonchev–Trinajstić information content (AvgIpc) is 3.15. The smallest absolute Gasteiger partial charge is 0.331 e. The van der Waals surface area contributed by atoms with E-state index in [0.717, 1.165) is 0 Å². The van der Waals surface area contributed by atoms with Gasteiger partial charge in [0.2, 0.25) is 11.8 Å². The Bertz CT molecular complexity index is 503. The molecule has 4 N–H and O–H groups in total. The number of carbonyl (C=O) groups excluding carboxylic acids is 4. The van der Waals surface area contributed by atoms with E-state index in [1.807, 2.05) is 0 Å². The highest BCUT2D eigenvalue weighted by molar-refractivity contribution is 6.07. The fourth-order valence-corrected chi connectivity index (χ4v) is 2.97. The van der Waals surface area contributed by atoms with Gasteiger partial charge in [0.05, 0.1) is 26.4 Å². The number of nitrogens with one attached hydrogen (secondary N) is 2. The van der Waals surface area contributed by atoms with Crippen molar-refractivity contribution >= 4 is 23.8 Å². The lowest BCUT2D eigenvalue weighted by Crippen LogP contribution is -2.57. The van der Waals surface area contributed by atoms with Crippen LogP contribution in [0.2, 0.25) is 0 Å². The molecule has 10 nitrogen and oxygen atoms in total. The molecule has 0 radical (unpaired) electrons. The molecule has 0 bridgehead atoms. The van der Waals surface area contributed by atoms with Crippen LogP contribution in [0.15, 0.2) is 0 Å². The van der Waals surface area contributed by atoms with Gasteiger partial charge in [0.15, 0.2) is 12.1 Å². The van der Waals surface area contributed by atoms with Crippen molar-refractivity contribution in [2.45, 2.75) is 51.6 Å². The zero-order chi connectivity index (χ0) is 20.4.